The highest BCUT2D eigenvalue weighted by atomic mass is 28.4. The largest absolute Gasteiger partial charge is 0.444 e. The van der Waals surface area contributed by atoms with E-state index in [0.717, 1.165) is 27.1 Å². The van der Waals surface area contributed by atoms with Crippen LogP contribution in [0.3, 0.4) is 0 Å². The van der Waals surface area contributed by atoms with Crippen molar-refractivity contribution in [2.24, 2.45) is 0 Å². The lowest BCUT2D eigenvalue weighted by atomic mass is 9.96. The van der Waals surface area contributed by atoms with Crippen LogP contribution in [0.15, 0.2) is 152 Å². The first-order valence-electron chi connectivity index (χ1n) is 19.8. The molecule has 0 radical (unpaired) electrons. The van der Waals surface area contributed by atoms with E-state index >= 15 is 0 Å². The zero-order chi connectivity index (χ0) is 40.3. The maximum absolute atomic E-state index is 13.7. The first-order valence-corrected chi connectivity index (χ1v) is 21.7. The van der Waals surface area contributed by atoms with Crippen LogP contribution in [-0.4, -0.2) is 57.3 Å². The van der Waals surface area contributed by atoms with Crippen LogP contribution in [0.25, 0.3) is 0 Å². The number of hydrogen-bond donors (Lipinski definition) is 1. The molecule has 300 valence electrons. The van der Waals surface area contributed by atoms with Crippen molar-refractivity contribution in [2.45, 2.75) is 103 Å². The van der Waals surface area contributed by atoms with Crippen molar-refractivity contribution >= 4 is 24.8 Å². The summed E-state index contributed by atoms with van der Waals surface area (Å²) in [7, 11) is -3.01. The molecule has 8 nitrogen and oxygen atoms in total. The van der Waals surface area contributed by atoms with Crippen molar-refractivity contribution in [3.63, 3.8) is 0 Å². The molecule has 1 unspecified atom stereocenters. The third-order valence-corrected chi connectivity index (χ3v) is 15.0. The minimum atomic E-state index is -3.01. The highest BCUT2D eigenvalue weighted by molar-refractivity contribution is 6.99. The van der Waals surface area contributed by atoms with Crippen LogP contribution in [0, 0.1) is 0 Å². The number of hydrogen-bond acceptors (Lipinski definition) is 7. The van der Waals surface area contributed by atoms with Gasteiger partial charge < -0.3 is 33.4 Å². The summed E-state index contributed by atoms with van der Waals surface area (Å²) < 4.78 is 40.8. The van der Waals surface area contributed by atoms with Crippen molar-refractivity contribution in [2.75, 3.05) is 6.61 Å². The summed E-state index contributed by atoms with van der Waals surface area (Å²) in [6, 6.07) is 50.1. The van der Waals surface area contributed by atoms with E-state index in [2.05, 4.69) is 74.6 Å². The summed E-state index contributed by atoms with van der Waals surface area (Å²) in [5, 5.41) is 5.12. The van der Waals surface area contributed by atoms with Gasteiger partial charge in [0.25, 0.3) is 8.32 Å². The van der Waals surface area contributed by atoms with Gasteiger partial charge in [0.2, 0.25) is 0 Å². The van der Waals surface area contributed by atoms with Gasteiger partial charge in [-0.15, -0.1) is 0 Å². The van der Waals surface area contributed by atoms with Gasteiger partial charge in [-0.2, -0.15) is 0 Å². The number of carbonyl (C=O) groups is 1. The number of alkyl carbamates (subject to hydrolysis) is 1. The molecule has 5 aromatic carbocycles. The Kier molecular flexibility index (Phi) is 14.2. The molecule has 0 aromatic heterocycles. The lowest BCUT2D eigenvalue weighted by Crippen LogP contribution is -2.69. The van der Waals surface area contributed by atoms with E-state index in [1.165, 1.54) is 0 Å². The number of rotatable bonds is 15. The summed E-state index contributed by atoms with van der Waals surface area (Å²) in [6.07, 6.45) is -3.69. The van der Waals surface area contributed by atoms with E-state index in [-0.39, 0.29) is 31.5 Å². The fraction of sp³-hybridized carbons (Fsp3) is 0.354. The molecule has 1 fully saturated rings. The van der Waals surface area contributed by atoms with Crippen LogP contribution in [0.5, 0.6) is 0 Å². The molecule has 9 heteroatoms. The molecule has 0 bridgehead atoms. The molecule has 0 aliphatic carbocycles. The van der Waals surface area contributed by atoms with Crippen LogP contribution in [0.1, 0.15) is 58.2 Å². The van der Waals surface area contributed by atoms with E-state index in [1.54, 1.807) is 0 Å². The number of ether oxygens (including phenoxy) is 5. The van der Waals surface area contributed by atoms with Gasteiger partial charge in [0.05, 0.1) is 26.4 Å². The highest BCUT2D eigenvalue weighted by Crippen LogP contribution is 2.38. The molecule has 1 amide bonds. The Labute approximate surface area is 339 Å². The predicted octanol–water partition coefficient (Wildman–Crippen LogP) is 8.57. The van der Waals surface area contributed by atoms with Crippen molar-refractivity contribution < 1.29 is 32.9 Å². The number of carbonyl (C=O) groups excluding carboxylic acids is 1. The monoisotopic (exact) mass is 787 g/mol. The number of benzene rings is 5. The smallest absolute Gasteiger partial charge is 0.408 e. The molecule has 0 saturated carbocycles. The zero-order valence-electron chi connectivity index (χ0n) is 34.0. The second-order valence-electron chi connectivity index (χ2n) is 16.5. The minimum Gasteiger partial charge on any atom is -0.444 e. The fourth-order valence-electron chi connectivity index (χ4n) is 7.43. The second kappa shape index (κ2) is 19.2. The van der Waals surface area contributed by atoms with Gasteiger partial charge in [-0.25, -0.2) is 4.79 Å². The molecular weight excluding hydrogens is 731 g/mol. The SMILES string of the molecule is CC(C)(C)OC(=O)N[C@H]1C(OCc2ccccc2)O[C@H](CO[Si](c2ccccc2)(c2ccccc2)C(C)(C)C)[C@@H](OCc2ccccc2)[C@@H]1OCc1ccccc1. The van der Waals surface area contributed by atoms with Crippen LogP contribution >= 0.6 is 0 Å². The maximum Gasteiger partial charge on any atom is 0.408 e. The Balaban J connectivity index is 1.43. The summed E-state index contributed by atoms with van der Waals surface area (Å²) in [4.78, 5) is 13.7. The van der Waals surface area contributed by atoms with Gasteiger partial charge in [-0.1, -0.05) is 172 Å². The van der Waals surface area contributed by atoms with Crippen molar-refractivity contribution in [3.05, 3.63) is 168 Å². The molecule has 1 saturated heterocycles. The van der Waals surface area contributed by atoms with Gasteiger partial charge in [-0.3, -0.25) is 0 Å². The Morgan fingerprint density at radius 2 is 0.982 bits per heavy atom. The van der Waals surface area contributed by atoms with Gasteiger partial charge in [0, 0.05) is 0 Å². The minimum absolute atomic E-state index is 0.169. The normalized spacial score (nSPS) is 20.1. The summed E-state index contributed by atoms with van der Waals surface area (Å²) in [5.74, 6) is 0. The third kappa shape index (κ3) is 11.1. The van der Waals surface area contributed by atoms with Crippen molar-refractivity contribution in [1.82, 2.24) is 5.32 Å². The predicted molar refractivity (Wildman–Crippen MR) is 227 cm³/mol. The Morgan fingerprint density at radius 3 is 1.40 bits per heavy atom. The molecule has 1 heterocycles. The van der Waals surface area contributed by atoms with Gasteiger partial charge in [-0.05, 0) is 52.9 Å². The molecule has 1 N–H and O–H groups in total. The highest BCUT2D eigenvalue weighted by Gasteiger charge is 2.54. The second-order valence-corrected chi connectivity index (χ2v) is 20.8. The molecule has 57 heavy (non-hydrogen) atoms. The average Bonchev–Trinajstić information content (AvgIpc) is 3.20. The number of amides is 1. The summed E-state index contributed by atoms with van der Waals surface area (Å²) in [5.41, 5.74) is 2.19. The molecule has 1 aliphatic rings. The number of nitrogens with one attached hydrogen (secondary N) is 1. The van der Waals surface area contributed by atoms with Crippen LogP contribution in [-0.2, 0) is 47.9 Å². The molecular formula is C48H57NO7Si. The van der Waals surface area contributed by atoms with Gasteiger partial charge in [0.1, 0.15) is 30.0 Å². The van der Waals surface area contributed by atoms with Gasteiger partial charge in [0.15, 0.2) is 6.29 Å². The lowest BCUT2D eigenvalue weighted by Gasteiger charge is -2.48. The van der Waals surface area contributed by atoms with Crippen LogP contribution in [0.2, 0.25) is 5.04 Å². The summed E-state index contributed by atoms with van der Waals surface area (Å²) >= 11 is 0. The first-order chi connectivity index (χ1) is 27.4. The molecule has 6 rings (SSSR count). The van der Waals surface area contributed by atoms with Crippen LogP contribution in [0.4, 0.5) is 4.79 Å². The van der Waals surface area contributed by atoms with Crippen LogP contribution < -0.4 is 15.7 Å². The van der Waals surface area contributed by atoms with E-state index in [1.807, 2.05) is 124 Å². The summed E-state index contributed by atoms with van der Waals surface area (Å²) in [6.45, 7) is 13.2. The Hall–Kier alpha value is -4.61. The maximum atomic E-state index is 13.7. The first kappa shape index (κ1) is 42.0. The quantitative estimate of drug-likeness (QED) is 0.107. The zero-order valence-corrected chi connectivity index (χ0v) is 35.0. The van der Waals surface area contributed by atoms with Crippen molar-refractivity contribution in [3.8, 4) is 0 Å². The Bertz CT molecular complexity index is 1900. The van der Waals surface area contributed by atoms with Crippen molar-refractivity contribution in [1.29, 1.82) is 0 Å². The molecule has 5 atom stereocenters. The molecule has 5 aromatic rings. The standard InChI is InChI=1S/C48H57NO7Si/c1-47(2,3)56-46(50)49-42-44(52-33-37-24-14-8-15-25-37)43(51-32-36-22-12-7-13-23-36)41(55-45(42)53-34-38-26-16-9-17-27-38)35-54-57(48(4,5)6,39-28-18-10-19-29-39)40-30-20-11-21-31-40/h7-31,41-45H,32-35H2,1-6H3,(H,49,50)/t41-,42-,43-,44-,45?/m1/s1. The molecule has 0 spiro atoms. The van der Waals surface area contributed by atoms with E-state index < -0.39 is 50.7 Å². The topological polar surface area (TPSA) is 84.5 Å². The van der Waals surface area contributed by atoms with E-state index in [4.69, 9.17) is 28.1 Å². The fourth-order valence-corrected chi connectivity index (χ4v) is 12.0. The Morgan fingerprint density at radius 1 is 0.579 bits per heavy atom. The lowest BCUT2D eigenvalue weighted by molar-refractivity contribution is -0.289. The van der Waals surface area contributed by atoms with Gasteiger partial charge >= 0.3 is 6.09 Å². The van der Waals surface area contributed by atoms with E-state index in [0.29, 0.717) is 0 Å². The third-order valence-electron chi connectivity index (χ3n) is 10.0. The average molecular weight is 788 g/mol. The van der Waals surface area contributed by atoms with E-state index in [9.17, 15) is 4.79 Å². The molecule has 1 aliphatic heterocycles.